The summed E-state index contributed by atoms with van der Waals surface area (Å²) >= 11 is 3.01. The summed E-state index contributed by atoms with van der Waals surface area (Å²) in [6.07, 6.45) is -4.99. The van der Waals surface area contributed by atoms with Gasteiger partial charge in [-0.2, -0.15) is 13.2 Å². The highest BCUT2D eigenvalue weighted by Crippen LogP contribution is 2.33. The van der Waals surface area contributed by atoms with Crippen molar-refractivity contribution < 1.29 is 18.3 Å². The highest BCUT2D eigenvalue weighted by molar-refractivity contribution is 9.10. The lowest BCUT2D eigenvalue weighted by atomic mass is 10.2. The first-order chi connectivity index (χ1) is 7.29. The van der Waals surface area contributed by atoms with E-state index < -0.39 is 17.8 Å². The van der Waals surface area contributed by atoms with Crippen LogP contribution in [0.1, 0.15) is 12.5 Å². The predicted octanol–water partition coefficient (Wildman–Crippen LogP) is 3.26. The summed E-state index contributed by atoms with van der Waals surface area (Å²) in [4.78, 5) is 0. The van der Waals surface area contributed by atoms with Gasteiger partial charge in [0.05, 0.1) is 11.7 Å². The van der Waals surface area contributed by atoms with Gasteiger partial charge in [0.2, 0.25) is 0 Å². The van der Waals surface area contributed by atoms with Crippen molar-refractivity contribution in [3.8, 4) is 0 Å². The first-order valence-electron chi connectivity index (χ1n) is 4.59. The molecule has 16 heavy (non-hydrogen) atoms. The minimum Gasteiger partial charge on any atom is -0.392 e. The third-order valence-electron chi connectivity index (χ3n) is 1.83. The molecule has 2 N–H and O–H groups in total. The van der Waals surface area contributed by atoms with Crippen molar-refractivity contribution in [3.05, 3.63) is 28.2 Å². The van der Waals surface area contributed by atoms with Gasteiger partial charge in [-0.15, -0.1) is 0 Å². The number of halogens is 4. The largest absolute Gasteiger partial charge is 0.416 e. The minimum atomic E-state index is -4.37. The zero-order chi connectivity index (χ0) is 12.3. The Kier molecular flexibility index (Phi) is 4.21. The van der Waals surface area contributed by atoms with Crippen LogP contribution in [0.15, 0.2) is 22.7 Å². The Bertz CT molecular complexity index is 366. The first-order valence-corrected chi connectivity index (χ1v) is 5.38. The Labute approximate surface area is 99.6 Å². The van der Waals surface area contributed by atoms with Crippen LogP contribution in [0.5, 0.6) is 0 Å². The molecule has 1 rings (SSSR count). The number of hydrogen-bond donors (Lipinski definition) is 2. The van der Waals surface area contributed by atoms with Crippen LogP contribution in [0, 0.1) is 0 Å². The smallest absolute Gasteiger partial charge is 0.392 e. The van der Waals surface area contributed by atoms with Gasteiger partial charge in [-0.3, -0.25) is 0 Å². The molecule has 0 aliphatic carbocycles. The van der Waals surface area contributed by atoms with E-state index in [2.05, 4.69) is 21.2 Å². The standard InChI is InChI=1S/C10H11BrF3NO/c1-6(16)5-15-9-3-7(10(12,13)14)2-8(11)4-9/h2-4,6,15-16H,5H2,1H3/t6-/m1/s1. The number of benzene rings is 1. The van der Waals surface area contributed by atoms with Gasteiger partial charge in [-0.25, -0.2) is 0 Å². The molecule has 2 nitrogen and oxygen atoms in total. The fraction of sp³-hybridized carbons (Fsp3) is 0.400. The number of nitrogens with one attached hydrogen (secondary N) is 1. The van der Waals surface area contributed by atoms with E-state index in [0.717, 1.165) is 12.1 Å². The lowest BCUT2D eigenvalue weighted by Gasteiger charge is -2.12. The topological polar surface area (TPSA) is 32.3 Å². The van der Waals surface area contributed by atoms with E-state index in [-0.39, 0.29) is 6.54 Å². The third kappa shape index (κ3) is 4.02. The van der Waals surface area contributed by atoms with Crippen LogP contribution < -0.4 is 5.32 Å². The molecule has 6 heteroatoms. The van der Waals surface area contributed by atoms with E-state index >= 15 is 0 Å². The molecule has 0 unspecified atom stereocenters. The summed E-state index contributed by atoms with van der Waals surface area (Å²) in [5, 5.41) is 11.7. The van der Waals surface area contributed by atoms with Crippen LogP contribution in [0.25, 0.3) is 0 Å². The molecular weight excluding hydrogens is 287 g/mol. The number of anilines is 1. The molecule has 0 aliphatic heterocycles. The van der Waals surface area contributed by atoms with Gasteiger partial charge in [-0.05, 0) is 25.1 Å². The Morgan fingerprint density at radius 1 is 1.38 bits per heavy atom. The van der Waals surface area contributed by atoms with Crippen molar-refractivity contribution in [3.63, 3.8) is 0 Å². The molecule has 0 heterocycles. The summed E-state index contributed by atoms with van der Waals surface area (Å²) < 4.78 is 37.7. The summed E-state index contributed by atoms with van der Waals surface area (Å²) in [6, 6.07) is 3.54. The maximum absolute atomic E-state index is 12.4. The second-order valence-corrected chi connectivity index (χ2v) is 4.37. The van der Waals surface area contributed by atoms with Gasteiger partial charge in [0.15, 0.2) is 0 Å². The SMILES string of the molecule is C[C@@H](O)CNc1cc(Br)cc(C(F)(F)F)c1. The van der Waals surface area contributed by atoms with E-state index in [1.165, 1.54) is 6.07 Å². The third-order valence-corrected chi connectivity index (χ3v) is 2.28. The summed E-state index contributed by atoms with van der Waals surface area (Å²) in [5.41, 5.74) is -0.405. The fourth-order valence-corrected chi connectivity index (χ4v) is 1.61. The monoisotopic (exact) mass is 297 g/mol. The summed E-state index contributed by atoms with van der Waals surface area (Å²) in [6.45, 7) is 1.75. The zero-order valence-corrected chi connectivity index (χ0v) is 10.1. The summed E-state index contributed by atoms with van der Waals surface area (Å²) in [7, 11) is 0. The lowest BCUT2D eigenvalue weighted by Crippen LogP contribution is -2.16. The quantitative estimate of drug-likeness (QED) is 0.897. The molecule has 0 aliphatic rings. The van der Waals surface area contributed by atoms with Crippen LogP contribution in [0.2, 0.25) is 0 Å². The highest BCUT2D eigenvalue weighted by atomic mass is 79.9. The molecule has 0 spiro atoms. The molecular formula is C10H11BrF3NO. The van der Waals surface area contributed by atoms with Crippen molar-refractivity contribution in [2.75, 3.05) is 11.9 Å². The minimum absolute atomic E-state index is 0.202. The number of hydrogen-bond acceptors (Lipinski definition) is 2. The molecule has 90 valence electrons. The Morgan fingerprint density at radius 2 is 2.00 bits per heavy atom. The molecule has 0 amide bonds. The second-order valence-electron chi connectivity index (χ2n) is 3.46. The number of alkyl halides is 3. The average molecular weight is 298 g/mol. The fourth-order valence-electron chi connectivity index (χ4n) is 1.12. The van der Waals surface area contributed by atoms with Crippen LogP contribution >= 0.6 is 15.9 Å². The Hall–Kier alpha value is -0.750. The van der Waals surface area contributed by atoms with Gasteiger partial charge >= 0.3 is 6.18 Å². The van der Waals surface area contributed by atoms with E-state index in [1.54, 1.807) is 6.92 Å². The van der Waals surface area contributed by atoms with E-state index in [0.29, 0.717) is 10.2 Å². The highest BCUT2D eigenvalue weighted by Gasteiger charge is 2.31. The Balaban J connectivity index is 2.90. The van der Waals surface area contributed by atoms with E-state index in [9.17, 15) is 13.2 Å². The lowest BCUT2D eigenvalue weighted by molar-refractivity contribution is -0.137. The van der Waals surface area contributed by atoms with Crippen molar-refractivity contribution in [2.45, 2.75) is 19.2 Å². The number of aliphatic hydroxyl groups is 1. The number of aliphatic hydroxyl groups excluding tert-OH is 1. The van der Waals surface area contributed by atoms with Crippen LogP contribution in [-0.2, 0) is 6.18 Å². The van der Waals surface area contributed by atoms with Crippen LogP contribution in [0.4, 0.5) is 18.9 Å². The maximum atomic E-state index is 12.4. The normalized spacial score (nSPS) is 13.6. The van der Waals surface area contributed by atoms with Crippen LogP contribution in [0.3, 0.4) is 0 Å². The van der Waals surface area contributed by atoms with Gasteiger partial charge in [-0.1, -0.05) is 15.9 Å². The molecule has 1 atom stereocenters. The van der Waals surface area contributed by atoms with Gasteiger partial charge in [0.1, 0.15) is 0 Å². The maximum Gasteiger partial charge on any atom is 0.416 e. The number of rotatable bonds is 3. The summed E-state index contributed by atoms with van der Waals surface area (Å²) in [5.74, 6) is 0. The molecule has 0 fully saturated rings. The van der Waals surface area contributed by atoms with Gasteiger partial charge in [0.25, 0.3) is 0 Å². The van der Waals surface area contributed by atoms with Crippen molar-refractivity contribution in [1.82, 2.24) is 0 Å². The first kappa shape index (κ1) is 13.3. The molecule has 0 saturated carbocycles. The molecule has 1 aromatic rings. The van der Waals surface area contributed by atoms with Gasteiger partial charge < -0.3 is 10.4 Å². The second kappa shape index (κ2) is 5.05. The van der Waals surface area contributed by atoms with E-state index in [4.69, 9.17) is 5.11 Å². The van der Waals surface area contributed by atoms with Crippen molar-refractivity contribution in [1.29, 1.82) is 0 Å². The predicted molar refractivity (Wildman–Crippen MR) is 59.3 cm³/mol. The zero-order valence-electron chi connectivity index (χ0n) is 8.48. The molecule has 0 bridgehead atoms. The molecule has 0 aromatic heterocycles. The van der Waals surface area contributed by atoms with E-state index in [1.807, 2.05) is 0 Å². The molecule has 0 radical (unpaired) electrons. The Morgan fingerprint density at radius 3 is 2.50 bits per heavy atom. The van der Waals surface area contributed by atoms with Crippen LogP contribution in [-0.4, -0.2) is 17.8 Å². The molecule has 1 aromatic carbocycles. The van der Waals surface area contributed by atoms with Crippen molar-refractivity contribution >= 4 is 21.6 Å². The van der Waals surface area contributed by atoms with Gasteiger partial charge in [0, 0.05) is 16.7 Å². The molecule has 0 saturated heterocycles. The average Bonchev–Trinajstić information content (AvgIpc) is 2.12. The van der Waals surface area contributed by atoms with Crippen molar-refractivity contribution in [2.24, 2.45) is 0 Å².